The third-order valence-corrected chi connectivity index (χ3v) is 9.29. The molecular formula is C38H36F3N9O2. The number of benzene rings is 3. The van der Waals surface area contributed by atoms with Crippen molar-refractivity contribution in [3.8, 4) is 11.3 Å². The lowest BCUT2D eigenvalue weighted by Gasteiger charge is -2.45. The van der Waals surface area contributed by atoms with E-state index in [0.717, 1.165) is 34.6 Å². The Balaban J connectivity index is 1.01. The molecule has 0 aliphatic carbocycles. The van der Waals surface area contributed by atoms with Crippen LogP contribution >= 0.6 is 0 Å². The largest absolute Gasteiger partial charge is 0.416 e. The van der Waals surface area contributed by atoms with E-state index < -0.39 is 11.7 Å². The molecule has 1 fully saturated rings. The van der Waals surface area contributed by atoms with Crippen LogP contribution in [0.1, 0.15) is 57.1 Å². The highest BCUT2D eigenvalue weighted by Crippen LogP contribution is 2.32. The van der Waals surface area contributed by atoms with Gasteiger partial charge in [-0.05, 0) is 81.8 Å². The molecule has 4 heterocycles. The van der Waals surface area contributed by atoms with Crippen molar-refractivity contribution < 1.29 is 22.8 Å². The van der Waals surface area contributed by atoms with Crippen molar-refractivity contribution in [1.82, 2.24) is 34.5 Å². The van der Waals surface area contributed by atoms with Gasteiger partial charge in [-0.3, -0.25) is 9.59 Å². The van der Waals surface area contributed by atoms with E-state index in [1.54, 1.807) is 33.6 Å². The molecule has 6 aromatic rings. The molecule has 1 saturated heterocycles. The van der Waals surface area contributed by atoms with E-state index in [0.29, 0.717) is 53.5 Å². The zero-order valence-electron chi connectivity index (χ0n) is 29.0. The third-order valence-electron chi connectivity index (χ3n) is 9.29. The molecule has 2 amide bonds. The maximum atomic E-state index is 14.0. The van der Waals surface area contributed by atoms with Crippen molar-refractivity contribution in [2.75, 3.05) is 23.3 Å². The highest BCUT2D eigenvalue weighted by molar-refractivity contribution is 6.08. The van der Waals surface area contributed by atoms with Crippen LogP contribution in [0.5, 0.6) is 0 Å². The van der Waals surface area contributed by atoms with Crippen LogP contribution in [-0.2, 0) is 12.7 Å². The normalized spacial score (nSPS) is 16.4. The molecule has 7 rings (SSSR count). The molecule has 1 N–H and O–H groups in total. The number of rotatable bonds is 7. The molecule has 3 aromatic carbocycles. The first-order valence-corrected chi connectivity index (χ1v) is 16.8. The van der Waals surface area contributed by atoms with Gasteiger partial charge in [0.25, 0.3) is 11.8 Å². The fourth-order valence-electron chi connectivity index (χ4n) is 6.84. The minimum atomic E-state index is -4.40. The summed E-state index contributed by atoms with van der Waals surface area (Å²) in [6.07, 6.45) is -1.08. The number of aryl methyl sites for hydroxylation is 2. The lowest BCUT2D eigenvalue weighted by molar-refractivity contribution is -0.137. The molecule has 11 nitrogen and oxygen atoms in total. The van der Waals surface area contributed by atoms with E-state index in [2.05, 4.69) is 25.7 Å². The Morgan fingerprint density at radius 1 is 0.904 bits per heavy atom. The highest BCUT2D eigenvalue weighted by atomic mass is 19.4. The Hall–Kier alpha value is -6.05. The van der Waals surface area contributed by atoms with E-state index in [4.69, 9.17) is 0 Å². The minimum absolute atomic E-state index is 0.120. The van der Waals surface area contributed by atoms with E-state index in [-0.39, 0.29) is 23.9 Å². The lowest BCUT2D eigenvalue weighted by Crippen LogP contribution is -2.58. The van der Waals surface area contributed by atoms with Gasteiger partial charge in [-0.2, -0.15) is 18.3 Å². The summed E-state index contributed by atoms with van der Waals surface area (Å²) in [6, 6.07) is 21.3. The fourth-order valence-corrected chi connectivity index (χ4v) is 6.84. The number of carbonyl (C=O) groups excluding carboxylic acids is 2. The zero-order valence-corrected chi connectivity index (χ0v) is 29.0. The Bertz CT molecular complexity index is 2250. The number of piperazine rings is 1. The van der Waals surface area contributed by atoms with Crippen LogP contribution in [0.4, 0.5) is 24.5 Å². The monoisotopic (exact) mass is 707 g/mol. The molecule has 0 radical (unpaired) electrons. The number of alkyl halides is 3. The maximum Gasteiger partial charge on any atom is 0.416 e. The second-order valence-electron chi connectivity index (χ2n) is 13.2. The number of fused-ring (bicyclic) bond motifs is 1. The first-order valence-electron chi connectivity index (χ1n) is 16.8. The van der Waals surface area contributed by atoms with Crippen molar-refractivity contribution in [2.24, 2.45) is 0 Å². The van der Waals surface area contributed by atoms with Crippen LogP contribution in [0.15, 0.2) is 91.3 Å². The average molecular weight is 708 g/mol. The Morgan fingerprint density at radius 2 is 1.60 bits per heavy atom. The second kappa shape index (κ2) is 13.6. The summed E-state index contributed by atoms with van der Waals surface area (Å²) < 4.78 is 42.6. The van der Waals surface area contributed by atoms with E-state index in [1.807, 2.05) is 73.9 Å². The molecule has 52 heavy (non-hydrogen) atoms. The Labute approximate surface area is 297 Å². The van der Waals surface area contributed by atoms with Gasteiger partial charge in [0.15, 0.2) is 5.65 Å². The van der Waals surface area contributed by atoms with Crippen LogP contribution < -0.4 is 10.2 Å². The van der Waals surface area contributed by atoms with Gasteiger partial charge in [0, 0.05) is 59.1 Å². The number of hydrogen-bond acceptors (Lipinski definition) is 7. The summed E-state index contributed by atoms with van der Waals surface area (Å²) in [5, 5.41) is 15.9. The molecular weight excluding hydrogens is 671 g/mol. The number of nitrogens with zero attached hydrogens (tertiary/aromatic N) is 8. The predicted molar refractivity (Wildman–Crippen MR) is 190 cm³/mol. The molecule has 1 aliphatic heterocycles. The van der Waals surface area contributed by atoms with Crippen LogP contribution in [0.2, 0.25) is 0 Å². The van der Waals surface area contributed by atoms with Crippen molar-refractivity contribution >= 4 is 28.8 Å². The van der Waals surface area contributed by atoms with E-state index in [9.17, 15) is 22.8 Å². The number of halogens is 3. The molecule has 1 aliphatic rings. The molecule has 2 atom stereocenters. The van der Waals surface area contributed by atoms with Gasteiger partial charge < -0.3 is 15.1 Å². The number of nitrogens with one attached hydrogen (secondary N) is 1. The van der Waals surface area contributed by atoms with E-state index >= 15 is 0 Å². The number of carbonyl (C=O) groups is 2. The molecule has 266 valence electrons. The maximum absolute atomic E-state index is 14.0. The van der Waals surface area contributed by atoms with Crippen molar-refractivity contribution in [3.05, 3.63) is 125 Å². The molecule has 3 aromatic heterocycles. The summed E-state index contributed by atoms with van der Waals surface area (Å²) in [7, 11) is 0. The average Bonchev–Trinajstić information content (AvgIpc) is 3.76. The van der Waals surface area contributed by atoms with Crippen molar-refractivity contribution in [2.45, 2.75) is 52.5 Å². The Kier molecular flexibility index (Phi) is 8.99. The quantitative estimate of drug-likeness (QED) is 0.197. The summed E-state index contributed by atoms with van der Waals surface area (Å²) in [5.41, 5.74) is 5.90. The smallest absolute Gasteiger partial charge is 0.367 e. The van der Waals surface area contributed by atoms with Crippen LogP contribution in [0.3, 0.4) is 0 Å². The number of aromatic nitrogens is 6. The van der Waals surface area contributed by atoms with Gasteiger partial charge in [-0.25, -0.2) is 14.2 Å². The summed E-state index contributed by atoms with van der Waals surface area (Å²) in [4.78, 5) is 35.5. The topological polar surface area (TPSA) is 114 Å². The minimum Gasteiger partial charge on any atom is -0.367 e. The summed E-state index contributed by atoms with van der Waals surface area (Å²) in [5.74, 6) is -0.435. The van der Waals surface area contributed by atoms with Crippen LogP contribution in [0.25, 0.3) is 16.9 Å². The molecule has 0 saturated carbocycles. The number of amides is 2. The summed E-state index contributed by atoms with van der Waals surface area (Å²) >= 11 is 0. The first kappa shape index (κ1) is 34.4. The Morgan fingerprint density at radius 3 is 2.29 bits per heavy atom. The van der Waals surface area contributed by atoms with Gasteiger partial charge in [-0.1, -0.05) is 35.5 Å². The molecule has 0 bridgehead atoms. The van der Waals surface area contributed by atoms with Gasteiger partial charge in [0.1, 0.15) is 11.3 Å². The highest BCUT2D eigenvalue weighted by Gasteiger charge is 2.35. The summed E-state index contributed by atoms with van der Waals surface area (Å²) in [6.45, 7) is 8.96. The third kappa shape index (κ3) is 6.83. The standard InChI is InChI=1S/C38H36F3N9O2/c1-23-17-24(2)50-35(43-23)33(18-42-50)36(51)44-30-13-9-27(10-14-30)34-22-48(46-45-34)21-28-7-5-6-8-32(28)37(52)49-25(3)19-47(20-26(49)4)31-15-11-29(12-16-31)38(39,40)41/h5-18,22,25-26H,19-21H2,1-4H3,(H,44,51). The molecule has 14 heteroatoms. The fraction of sp³-hybridized carbons (Fsp3) is 0.263. The van der Waals surface area contributed by atoms with Crippen molar-refractivity contribution in [3.63, 3.8) is 0 Å². The van der Waals surface area contributed by atoms with Gasteiger partial charge >= 0.3 is 6.18 Å². The zero-order chi connectivity index (χ0) is 36.7. The number of hydrogen-bond donors (Lipinski definition) is 1. The van der Waals surface area contributed by atoms with Crippen LogP contribution in [0, 0.1) is 13.8 Å². The van der Waals surface area contributed by atoms with Gasteiger partial charge in [0.2, 0.25) is 0 Å². The second-order valence-corrected chi connectivity index (χ2v) is 13.2. The number of anilines is 2. The van der Waals surface area contributed by atoms with Crippen LogP contribution in [-0.4, -0.2) is 71.5 Å². The van der Waals surface area contributed by atoms with Gasteiger partial charge in [0.05, 0.1) is 24.5 Å². The van der Waals surface area contributed by atoms with Gasteiger partial charge in [-0.15, -0.1) is 5.10 Å². The SMILES string of the molecule is Cc1cc(C)n2ncc(C(=O)Nc3ccc(-c4cn(Cc5ccccc5C(=O)N5C(C)CN(c6ccc(C(F)(F)F)cc6)CC5C)nn4)cc3)c2n1. The molecule has 0 spiro atoms. The molecule has 2 unspecified atom stereocenters. The predicted octanol–water partition coefficient (Wildman–Crippen LogP) is 6.66. The lowest BCUT2D eigenvalue weighted by atomic mass is 10.0. The first-order chi connectivity index (χ1) is 24.9. The van der Waals surface area contributed by atoms with E-state index in [1.165, 1.54) is 18.3 Å². The van der Waals surface area contributed by atoms with Crippen molar-refractivity contribution in [1.29, 1.82) is 0 Å².